The van der Waals surface area contributed by atoms with Crippen LogP contribution in [-0.4, -0.2) is 42.7 Å². The second-order valence-corrected chi connectivity index (χ2v) is 9.90. The number of hydrogen-bond donors (Lipinski definition) is 2. The van der Waals surface area contributed by atoms with Crippen LogP contribution in [0.15, 0.2) is 67.5 Å². The van der Waals surface area contributed by atoms with Crippen LogP contribution >= 0.6 is 0 Å². The topological polar surface area (TPSA) is 65.5 Å². The minimum absolute atomic E-state index is 0.685. The van der Waals surface area contributed by atoms with Crippen molar-refractivity contribution >= 4 is 21.8 Å². The van der Waals surface area contributed by atoms with E-state index in [1.807, 2.05) is 4.57 Å². The predicted molar refractivity (Wildman–Crippen MR) is 137 cm³/mol. The van der Waals surface area contributed by atoms with Gasteiger partial charge in [-0.1, -0.05) is 18.2 Å². The minimum Gasteiger partial charge on any atom is -0.361 e. The minimum atomic E-state index is 0.685. The zero-order valence-corrected chi connectivity index (χ0v) is 19.7. The number of aromatic nitrogens is 5. The molecule has 6 nitrogen and oxygen atoms in total. The van der Waals surface area contributed by atoms with E-state index in [2.05, 4.69) is 87.0 Å². The summed E-state index contributed by atoms with van der Waals surface area (Å²) in [5, 5.41) is 10.6. The van der Waals surface area contributed by atoms with Crippen molar-refractivity contribution in [2.45, 2.75) is 51.1 Å². The van der Waals surface area contributed by atoms with Gasteiger partial charge in [0.1, 0.15) is 12.7 Å². The first-order valence-electron chi connectivity index (χ1n) is 12.4. The molecule has 6 heteroatoms. The maximum absolute atomic E-state index is 3.94. The quantitative estimate of drug-likeness (QED) is 0.325. The van der Waals surface area contributed by atoms with Gasteiger partial charge < -0.3 is 9.97 Å². The smallest absolute Gasteiger partial charge is 0.123 e. The first kappa shape index (κ1) is 21.2. The summed E-state index contributed by atoms with van der Waals surface area (Å²) in [6.07, 6.45) is 15.5. The summed E-state index contributed by atoms with van der Waals surface area (Å²) in [6, 6.07) is 15.8. The van der Waals surface area contributed by atoms with E-state index in [0.29, 0.717) is 6.04 Å². The normalized spacial score (nSPS) is 18.9. The number of aryl methyl sites for hydroxylation is 1. The lowest BCUT2D eigenvalue weighted by Gasteiger charge is -2.34. The van der Waals surface area contributed by atoms with E-state index in [9.17, 15) is 0 Å². The SMILES string of the molecule is CN(Cc1c[nH]c2ccccc12)C1CCC(CCc2c[nH]c3ccc(-n4cnnc4)cc23)CC1. The van der Waals surface area contributed by atoms with Gasteiger partial charge in [-0.05, 0) is 86.9 Å². The van der Waals surface area contributed by atoms with Crippen molar-refractivity contribution in [2.75, 3.05) is 7.05 Å². The molecule has 3 aromatic heterocycles. The van der Waals surface area contributed by atoms with Gasteiger partial charge in [0.2, 0.25) is 0 Å². The number of nitrogens with zero attached hydrogens (tertiary/aromatic N) is 4. The second kappa shape index (κ2) is 9.11. The largest absolute Gasteiger partial charge is 0.361 e. The lowest BCUT2D eigenvalue weighted by Crippen LogP contribution is -2.34. The third-order valence-electron chi connectivity index (χ3n) is 7.82. The summed E-state index contributed by atoms with van der Waals surface area (Å²) in [5.74, 6) is 0.823. The number of aromatic amines is 2. The first-order valence-corrected chi connectivity index (χ1v) is 12.4. The van der Waals surface area contributed by atoms with Crippen LogP contribution in [0.2, 0.25) is 0 Å². The lowest BCUT2D eigenvalue weighted by atomic mass is 9.82. The molecule has 1 aliphatic carbocycles. The van der Waals surface area contributed by atoms with Crippen molar-refractivity contribution in [1.82, 2.24) is 29.6 Å². The first-order chi connectivity index (χ1) is 16.7. The summed E-state index contributed by atoms with van der Waals surface area (Å²) in [7, 11) is 2.30. The molecule has 1 saturated carbocycles. The fourth-order valence-electron chi connectivity index (χ4n) is 5.76. The van der Waals surface area contributed by atoms with E-state index in [-0.39, 0.29) is 0 Å². The van der Waals surface area contributed by atoms with E-state index in [1.54, 1.807) is 12.7 Å². The van der Waals surface area contributed by atoms with Gasteiger partial charge in [-0.3, -0.25) is 9.47 Å². The summed E-state index contributed by atoms with van der Waals surface area (Å²) in [4.78, 5) is 9.44. The van der Waals surface area contributed by atoms with Crippen LogP contribution in [0, 0.1) is 5.92 Å². The Balaban J connectivity index is 1.05. The average Bonchev–Trinajstić information content (AvgIpc) is 3.63. The maximum Gasteiger partial charge on any atom is 0.123 e. The molecule has 6 rings (SSSR count). The molecule has 0 amide bonds. The monoisotopic (exact) mass is 452 g/mol. The van der Waals surface area contributed by atoms with Gasteiger partial charge >= 0.3 is 0 Å². The molecule has 34 heavy (non-hydrogen) atoms. The molecular formula is C28H32N6. The van der Waals surface area contributed by atoms with Gasteiger partial charge in [0.25, 0.3) is 0 Å². The molecule has 5 aromatic rings. The molecule has 2 aromatic carbocycles. The van der Waals surface area contributed by atoms with Crippen molar-refractivity contribution in [2.24, 2.45) is 5.92 Å². The Hall–Kier alpha value is -3.38. The third kappa shape index (κ3) is 4.14. The molecule has 1 fully saturated rings. The number of para-hydroxylation sites is 1. The number of benzene rings is 2. The zero-order valence-electron chi connectivity index (χ0n) is 19.7. The van der Waals surface area contributed by atoms with Crippen molar-refractivity contribution in [3.63, 3.8) is 0 Å². The predicted octanol–water partition coefficient (Wildman–Crippen LogP) is 5.85. The molecule has 3 heterocycles. The Labute approximate surface area is 200 Å². The Bertz CT molecular complexity index is 1370. The Morgan fingerprint density at radius 1 is 0.882 bits per heavy atom. The fourth-order valence-corrected chi connectivity index (χ4v) is 5.76. The van der Waals surface area contributed by atoms with Crippen LogP contribution in [0.5, 0.6) is 0 Å². The fraction of sp³-hybridized carbons (Fsp3) is 0.357. The van der Waals surface area contributed by atoms with E-state index < -0.39 is 0 Å². The number of H-pyrrole nitrogens is 2. The number of hydrogen-bond acceptors (Lipinski definition) is 3. The highest BCUT2D eigenvalue weighted by molar-refractivity contribution is 5.85. The highest BCUT2D eigenvalue weighted by Crippen LogP contribution is 2.32. The Morgan fingerprint density at radius 3 is 2.44 bits per heavy atom. The molecule has 2 N–H and O–H groups in total. The van der Waals surface area contributed by atoms with E-state index in [1.165, 1.54) is 65.0 Å². The van der Waals surface area contributed by atoms with Gasteiger partial charge in [0.15, 0.2) is 0 Å². The third-order valence-corrected chi connectivity index (χ3v) is 7.82. The summed E-state index contributed by atoms with van der Waals surface area (Å²) in [5.41, 5.74) is 6.38. The molecule has 0 atom stereocenters. The molecular weight excluding hydrogens is 420 g/mol. The zero-order chi connectivity index (χ0) is 22.9. The standard InChI is InChI=1S/C28H32N6/c1-33(17-22-16-30-27-5-3-2-4-25(22)27)23-10-7-20(8-11-23)6-9-21-15-29-28-13-12-24(14-26(21)28)34-18-31-32-19-34/h2-5,12-16,18-20,23,29-30H,6-11,17H2,1H3. The molecule has 0 saturated heterocycles. The van der Waals surface area contributed by atoms with Crippen molar-refractivity contribution in [3.8, 4) is 5.69 Å². The lowest BCUT2D eigenvalue weighted by molar-refractivity contribution is 0.156. The molecule has 0 bridgehead atoms. The van der Waals surface area contributed by atoms with Crippen LogP contribution in [0.25, 0.3) is 27.5 Å². The van der Waals surface area contributed by atoms with Gasteiger partial charge in [-0.25, -0.2) is 0 Å². The molecule has 0 spiro atoms. The van der Waals surface area contributed by atoms with Crippen LogP contribution in [0.3, 0.4) is 0 Å². The van der Waals surface area contributed by atoms with Crippen molar-refractivity contribution < 1.29 is 0 Å². The highest BCUT2D eigenvalue weighted by atomic mass is 15.2. The summed E-state index contributed by atoms with van der Waals surface area (Å²) < 4.78 is 1.96. The summed E-state index contributed by atoms with van der Waals surface area (Å²) >= 11 is 0. The highest BCUT2D eigenvalue weighted by Gasteiger charge is 2.24. The van der Waals surface area contributed by atoms with Crippen molar-refractivity contribution in [3.05, 3.63) is 78.6 Å². The van der Waals surface area contributed by atoms with Crippen LogP contribution in [0.4, 0.5) is 0 Å². The average molecular weight is 453 g/mol. The number of nitrogens with one attached hydrogen (secondary N) is 2. The molecule has 174 valence electrons. The van der Waals surface area contributed by atoms with Crippen LogP contribution in [-0.2, 0) is 13.0 Å². The van der Waals surface area contributed by atoms with E-state index >= 15 is 0 Å². The van der Waals surface area contributed by atoms with Crippen molar-refractivity contribution in [1.29, 1.82) is 0 Å². The van der Waals surface area contributed by atoms with Gasteiger partial charge in [0.05, 0.1) is 0 Å². The van der Waals surface area contributed by atoms with Crippen LogP contribution in [0.1, 0.15) is 43.2 Å². The van der Waals surface area contributed by atoms with E-state index in [4.69, 9.17) is 0 Å². The molecule has 0 radical (unpaired) electrons. The molecule has 0 unspecified atom stereocenters. The van der Waals surface area contributed by atoms with Gasteiger partial charge in [-0.15, -0.1) is 10.2 Å². The van der Waals surface area contributed by atoms with Crippen LogP contribution < -0.4 is 0 Å². The molecule has 0 aliphatic heterocycles. The maximum atomic E-state index is 3.94. The molecule has 1 aliphatic rings. The van der Waals surface area contributed by atoms with Gasteiger partial charge in [0, 0.05) is 52.5 Å². The summed E-state index contributed by atoms with van der Waals surface area (Å²) in [6.45, 7) is 1.02. The number of rotatable bonds is 7. The van der Waals surface area contributed by atoms with E-state index in [0.717, 1.165) is 24.6 Å². The number of fused-ring (bicyclic) bond motifs is 2. The van der Waals surface area contributed by atoms with Gasteiger partial charge in [-0.2, -0.15) is 0 Å². The Morgan fingerprint density at radius 2 is 1.62 bits per heavy atom. The Kier molecular flexibility index (Phi) is 5.67. The second-order valence-electron chi connectivity index (χ2n) is 9.90.